The molecule has 0 bridgehead atoms. The van der Waals surface area contributed by atoms with E-state index in [9.17, 15) is 0 Å². The topological polar surface area (TPSA) is 75.3 Å². The standard InChI is InChI=1S/C14H25N5OS.HI/c1-4-21-12-7-5-6-11(8-12)18-14(15-3)16-9-13-17-10(2)20-19-13;/h11-12H,4-9H2,1-3H3,(H2,15,16,18);1H. The molecule has 2 N–H and O–H groups in total. The molecule has 1 heterocycles. The quantitative estimate of drug-likeness (QED) is 0.418. The molecule has 2 unspecified atom stereocenters. The van der Waals surface area contributed by atoms with E-state index < -0.39 is 0 Å². The van der Waals surface area contributed by atoms with Crippen LogP contribution in [0.1, 0.15) is 44.3 Å². The summed E-state index contributed by atoms with van der Waals surface area (Å²) in [4.78, 5) is 8.45. The molecule has 0 amide bonds. The summed E-state index contributed by atoms with van der Waals surface area (Å²) >= 11 is 2.07. The first-order valence-electron chi connectivity index (χ1n) is 7.59. The third-order valence-electron chi connectivity index (χ3n) is 3.58. The van der Waals surface area contributed by atoms with Crippen molar-refractivity contribution in [3.63, 3.8) is 0 Å². The summed E-state index contributed by atoms with van der Waals surface area (Å²) < 4.78 is 4.96. The van der Waals surface area contributed by atoms with E-state index in [4.69, 9.17) is 4.52 Å². The number of aliphatic imine (C=N–C) groups is 1. The van der Waals surface area contributed by atoms with E-state index in [-0.39, 0.29) is 24.0 Å². The van der Waals surface area contributed by atoms with Gasteiger partial charge >= 0.3 is 0 Å². The minimum Gasteiger partial charge on any atom is -0.354 e. The summed E-state index contributed by atoms with van der Waals surface area (Å²) in [6, 6.07) is 0.501. The van der Waals surface area contributed by atoms with Crippen molar-refractivity contribution < 1.29 is 4.52 Å². The highest BCUT2D eigenvalue weighted by Crippen LogP contribution is 2.28. The van der Waals surface area contributed by atoms with Gasteiger partial charge in [-0.15, -0.1) is 24.0 Å². The predicted octanol–water partition coefficient (Wildman–Crippen LogP) is 2.73. The summed E-state index contributed by atoms with van der Waals surface area (Å²) in [6.45, 7) is 4.54. The number of hydrogen-bond acceptors (Lipinski definition) is 5. The van der Waals surface area contributed by atoms with Crippen LogP contribution in [0.2, 0.25) is 0 Å². The van der Waals surface area contributed by atoms with Gasteiger partial charge in [0.1, 0.15) is 0 Å². The zero-order valence-corrected chi connectivity index (χ0v) is 16.6. The maximum absolute atomic E-state index is 4.96. The second kappa shape index (κ2) is 10.3. The average Bonchev–Trinajstić information content (AvgIpc) is 2.90. The Kier molecular flexibility index (Phi) is 9.15. The third kappa shape index (κ3) is 6.31. The van der Waals surface area contributed by atoms with Crippen LogP contribution in [0.3, 0.4) is 0 Å². The minimum atomic E-state index is 0. The molecule has 1 aliphatic rings. The Labute approximate surface area is 153 Å². The Bertz CT molecular complexity index is 466. The Morgan fingerprint density at radius 2 is 2.27 bits per heavy atom. The first kappa shape index (κ1) is 19.5. The van der Waals surface area contributed by atoms with Crippen LogP contribution in [0.5, 0.6) is 0 Å². The Balaban J connectivity index is 0.00000242. The lowest BCUT2D eigenvalue weighted by molar-refractivity contribution is 0.386. The lowest BCUT2D eigenvalue weighted by Crippen LogP contribution is -2.45. The van der Waals surface area contributed by atoms with Gasteiger partial charge in [-0.25, -0.2) is 0 Å². The number of aromatic nitrogens is 2. The van der Waals surface area contributed by atoms with Crippen LogP contribution in [-0.4, -0.2) is 40.2 Å². The fraction of sp³-hybridized carbons (Fsp3) is 0.786. The molecule has 0 aliphatic heterocycles. The van der Waals surface area contributed by atoms with Crippen molar-refractivity contribution in [3.8, 4) is 0 Å². The number of nitrogens with one attached hydrogen (secondary N) is 2. The molecule has 2 atom stereocenters. The fourth-order valence-electron chi connectivity index (χ4n) is 2.63. The maximum atomic E-state index is 4.96. The van der Waals surface area contributed by atoms with Gasteiger partial charge in [-0.1, -0.05) is 18.5 Å². The SMILES string of the molecule is CCSC1CCCC(NC(=NC)NCc2noc(C)n2)C1.I. The summed E-state index contributed by atoms with van der Waals surface area (Å²) in [7, 11) is 1.79. The van der Waals surface area contributed by atoms with E-state index in [0.717, 1.165) is 11.2 Å². The monoisotopic (exact) mass is 439 g/mol. The van der Waals surface area contributed by atoms with Crippen molar-refractivity contribution in [2.24, 2.45) is 4.99 Å². The van der Waals surface area contributed by atoms with Gasteiger partial charge < -0.3 is 15.2 Å². The zero-order valence-electron chi connectivity index (χ0n) is 13.5. The normalized spacial score (nSPS) is 22.0. The summed E-state index contributed by atoms with van der Waals surface area (Å²) in [5.74, 6) is 3.24. The van der Waals surface area contributed by atoms with Gasteiger partial charge in [0.05, 0.1) is 6.54 Å². The molecule has 1 aliphatic carbocycles. The molecule has 0 spiro atoms. The molecule has 0 saturated heterocycles. The van der Waals surface area contributed by atoms with Gasteiger partial charge in [0.25, 0.3) is 0 Å². The van der Waals surface area contributed by atoms with E-state index in [1.54, 1.807) is 14.0 Å². The molecule has 8 heteroatoms. The predicted molar refractivity (Wildman–Crippen MR) is 102 cm³/mol. The number of nitrogens with zero attached hydrogens (tertiary/aromatic N) is 3. The molecular formula is C14H26IN5OS. The van der Waals surface area contributed by atoms with E-state index in [0.29, 0.717) is 24.3 Å². The number of hydrogen-bond donors (Lipinski definition) is 2. The molecule has 1 aromatic rings. The fourth-order valence-corrected chi connectivity index (χ4v) is 3.80. The summed E-state index contributed by atoms with van der Waals surface area (Å²) in [5, 5.41) is 11.4. The van der Waals surface area contributed by atoms with Gasteiger partial charge in [-0.2, -0.15) is 16.7 Å². The molecule has 0 radical (unpaired) electrons. The number of aryl methyl sites for hydroxylation is 1. The average molecular weight is 439 g/mol. The van der Waals surface area contributed by atoms with Crippen LogP contribution in [0.4, 0.5) is 0 Å². The number of halogens is 1. The van der Waals surface area contributed by atoms with E-state index in [1.807, 2.05) is 0 Å². The van der Waals surface area contributed by atoms with Gasteiger partial charge in [-0.3, -0.25) is 4.99 Å². The summed E-state index contributed by atoms with van der Waals surface area (Å²) in [6.07, 6.45) is 5.05. The van der Waals surface area contributed by atoms with Crippen LogP contribution in [0.25, 0.3) is 0 Å². The van der Waals surface area contributed by atoms with Crippen molar-refractivity contribution >= 4 is 41.7 Å². The number of rotatable bonds is 5. The molecule has 1 saturated carbocycles. The smallest absolute Gasteiger partial charge is 0.223 e. The molecule has 6 nitrogen and oxygen atoms in total. The van der Waals surface area contributed by atoms with E-state index in [2.05, 4.69) is 44.5 Å². The molecular weight excluding hydrogens is 413 g/mol. The second-order valence-electron chi connectivity index (χ2n) is 5.24. The first-order chi connectivity index (χ1) is 10.2. The van der Waals surface area contributed by atoms with Crippen molar-refractivity contribution in [2.75, 3.05) is 12.8 Å². The lowest BCUT2D eigenvalue weighted by atomic mass is 9.95. The molecule has 2 rings (SSSR count). The van der Waals surface area contributed by atoms with Crippen LogP contribution in [-0.2, 0) is 6.54 Å². The Morgan fingerprint density at radius 3 is 2.91 bits per heavy atom. The minimum absolute atomic E-state index is 0. The largest absolute Gasteiger partial charge is 0.354 e. The van der Waals surface area contributed by atoms with Crippen molar-refractivity contribution in [2.45, 2.75) is 57.4 Å². The molecule has 1 fully saturated rings. The second-order valence-corrected chi connectivity index (χ2v) is 6.82. The molecule has 0 aromatic carbocycles. The van der Waals surface area contributed by atoms with E-state index in [1.165, 1.54) is 31.4 Å². The van der Waals surface area contributed by atoms with Gasteiger partial charge in [-0.05, 0) is 25.0 Å². The summed E-state index contributed by atoms with van der Waals surface area (Å²) in [5.41, 5.74) is 0. The lowest BCUT2D eigenvalue weighted by Gasteiger charge is -2.30. The van der Waals surface area contributed by atoms with Gasteiger partial charge in [0.15, 0.2) is 11.8 Å². The Morgan fingerprint density at radius 1 is 1.45 bits per heavy atom. The van der Waals surface area contributed by atoms with Gasteiger partial charge in [0, 0.05) is 25.3 Å². The van der Waals surface area contributed by atoms with Crippen LogP contribution in [0.15, 0.2) is 9.52 Å². The highest BCUT2D eigenvalue weighted by atomic mass is 127. The van der Waals surface area contributed by atoms with E-state index >= 15 is 0 Å². The zero-order chi connectivity index (χ0) is 15.1. The number of thioether (sulfide) groups is 1. The third-order valence-corrected chi connectivity index (χ3v) is 4.81. The van der Waals surface area contributed by atoms with Crippen LogP contribution >= 0.6 is 35.7 Å². The van der Waals surface area contributed by atoms with Crippen LogP contribution < -0.4 is 10.6 Å². The molecule has 1 aromatic heterocycles. The van der Waals surface area contributed by atoms with Crippen molar-refractivity contribution in [1.29, 1.82) is 0 Å². The molecule has 126 valence electrons. The van der Waals surface area contributed by atoms with Gasteiger partial charge in [0.2, 0.25) is 5.89 Å². The Hall–Kier alpha value is -0.510. The highest BCUT2D eigenvalue weighted by Gasteiger charge is 2.22. The molecule has 22 heavy (non-hydrogen) atoms. The maximum Gasteiger partial charge on any atom is 0.223 e. The first-order valence-corrected chi connectivity index (χ1v) is 8.64. The van der Waals surface area contributed by atoms with Crippen molar-refractivity contribution in [1.82, 2.24) is 20.8 Å². The van der Waals surface area contributed by atoms with Crippen molar-refractivity contribution in [3.05, 3.63) is 11.7 Å². The number of guanidine groups is 1. The highest BCUT2D eigenvalue weighted by molar-refractivity contribution is 14.0. The van der Waals surface area contributed by atoms with Crippen LogP contribution in [0, 0.1) is 6.92 Å².